The smallest absolute Gasteiger partial charge is 0.185 e. The predicted octanol–water partition coefficient (Wildman–Crippen LogP) is 4.96. The van der Waals surface area contributed by atoms with Crippen LogP contribution >= 0.6 is 27.3 Å². The molecule has 170 valence electrons. The van der Waals surface area contributed by atoms with E-state index < -0.39 is 9.84 Å². The standard InChI is InChI=1S/C23H25BrN2O4S2/c1-29-18-12-16(13-19(14-18)30-2)11-17-15-31-23(25-17)26-9-7-20(8-10-26)32(27,28)22-6-4-3-5-21(22)24/h3-6,12-15,20H,7-11H2,1-2H3. The molecule has 1 aliphatic heterocycles. The number of benzene rings is 2. The Hall–Kier alpha value is -2.10. The molecule has 1 aromatic heterocycles. The van der Waals surface area contributed by atoms with Crippen molar-refractivity contribution in [3.63, 3.8) is 0 Å². The molecule has 0 N–H and O–H groups in total. The summed E-state index contributed by atoms with van der Waals surface area (Å²) >= 11 is 4.98. The van der Waals surface area contributed by atoms with Crippen molar-refractivity contribution in [2.24, 2.45) is 0 Å². The number of sulfone groups is 1. The van der Waals surface area contributed by atoms with Gasteiger partial charge >= 0.3 is 0 Å². The van der Waals surface area contributed by atoms with Crippen LogP contribution in [0.4, 0.5) is 5.13 Å². The zero-order valence-corrected chi connectivity index (χ0v) is 21.2. The van der Waals surface area contributed by atoms with Gasteiger partial charge in [-0.1, -0.05) is 12.1 Å². The molecule has 0 saturated carbocycles. The molecule has 2 aromatic carbocycles. The average Bonchev–Trinajstić information content (AvgIpc) is 3.27. The van der Waals surface area contributed by atoms with E-state index in [9.17, 15) is 8.42 Å². The lowest BCUT2D eigenvalue weighted by Crippen LogP contribution is -2.39. The van der Waals surface area contributed by atoms with Crippen LogP contribution in [0.3, 0.4) is 0 Å². The quantitative estimate of drug-likeness (QED) is 0.425. The zero-order chi connectivity index (χ0) is 22.7. The highest BCUT2D eigenvalue weighted by Gasteiger charge is 2.33. The average molecular weight is 538 g/mol. The molecule has 0 bridgehead atoms. The van der Waals surface area contributed by atoms with Crippen LogP contribution < -0.4 is 14.4 Å². The predicted molar refractivity (Wildman–Crippen MR) is 131 cm³/mol. The first-order chi connectivity index (χ1) is 15.4. The van der Waals surface area contributed by atoms with Crippen molar-refractivity contribution in [2.75, 3.05) is 32.2 Å². The van der Waals surface area contributed by atoms with Gasteiger partial charge in [0.1, 0.15) is 11.5 Å². The van der Waals surface area contributed by atoms with Crippen molar-refractivity contribution in [2.45, 2.75) is 29.4 Å². The third-order valence-electron chi connectivity index (χ3n) is 5.63. The SMILES string of the molecule is COc1cc(Cc2csc(N3CCC(S(=O)(=O)c4ccccc4Br)CC3)n2)cc(OC)c1. The summed E-state index contributed by atoms with van der Waals surface area (Å²) in [5.74, 6) is 1.51. The third kappa shape index (κ3) is 4.94. The number of thiazole rings is 1. The number of halogens is 1. The van der Waals surface area contributed by atoms with Gasteiger partial charge in [0.15, 0.2) is 15.0 Å². The second kappa shape index (κ2) is 9.80. The van der Waals surface area contributed by atoms with Gasteiger partial charge in [-0.3, -0.25) is 0 Å². The van der Waals surface area contributed by atoms with Gasteiger partial charge in [0.2, 0.25) is 0 Å². The van der Waals surface area contributed by atoms with Gasteiger partial charge in [-0.15, -0.1) is 11.3 Å². The molecule has 1 fully saturated rings. The summed E-state index contributed by atoms with van der Waals surface area (Å²) in [4.78, 5) is 7.37. The van der Waals surface area contributed by atoms with Gasteiger partial charge in [-0.25, -0.2) is 13.4 Å². The van der Waals surface area contributed by atoms with E-state index in [2.05, 4.69) is 26.2 Å². The lowest BCUT2D eigenvalue weighted by molar-refractivity contribution is 0.393. The Morgan fingerprint density at radius 2 is 1.75 bits per heavy atom. The Labute approximate surface area is 201 Å². The van der Waals surface area contributed by atoms with Crippen LogP contribution in [0, 0.1) is 0 Å². The number of aromatic nitrogens is 1. The van der Waals surface area contributed by atoms with Crippen molar-refractivity contribution in [3.05, 3.63) is 63.6 Å². The van der Waals surface area contributed by atoms with E-state index in [-0.39, 0.29) is 5.25 Å². The molecule has 6 nitrogen and oxygen atoms in total. The fraction of sp³-hybridized carbons (Fsp3) is 0.348. The summed E-state index contributed by atoms with van der Waals surface area (Å²) in [5, 5.41) is 2.62. The zero-order valence-electron chi connectivity index (χ0n) is 18.0. The molecular weight excluding hydrogens is 512 g/mol. The number of nitrogens with zero attached hydrogens (tertiary/aromatic N) is 2. The van der Waals surface area contributed by atoms with Gasteiger partial charge in [0.05, 0.1) is 30.1 Å². The molecule has 0 spiro atoms. The largest absolute Gasteiger partial charge is 0.497 e. The van der Waals surface area contributed by atoms with Crippen LogP contribution in [0.15, 0.2) is 57.2 Å². The second-order valence-corrected chi connectivity index (χ2v) is 11.6. The minimum Gasteiger partial charge on any atom is -0.497 e. The van der Waals surface area contributed by atoms with Gasteiger partial charge in [-0.05, 0) is 58.6 Å². The summed E-state index contributed by atoms with van der Waals surface area (Å²) in [5.41, 5.74) is 2.04. The molecule has 0 atom stereocenters. The maximum Gasteiger partial charge on any atom is 0.185 e. The highest BCUT2D eigenvalue weighted by Crippen LogP contribution is 2.32. The molecular formula is C23H25BrN2O4S2. The third-order valence-corrected chi connectivity index (χ3v) is 9.85. The van der Waals surface area contributed by atoms with Crippen LogP contribution in [0.1, 0.15) is 24.1 Å². The maximum atomic E-state index is 13.1. The highest BCUT2D eigenvalue weighted by atomic mass is 79.9. The lowest BCUT2D eigenvalue weighted by atomic mass is 10.1. The fourth-order valence-corrected chi connectivity index (χ4v) is 7.55. The molecule has 2 heterocycles. The molecule has 1 saturated heterocycles. The number of hydrogen-bond donors (Lipinski definition) is 0. The topological polar surface area (TPSA) is 68.7 Å². The lowest BCUT2D eigenvalue weighted by Gasteiger charge is -2.31. The van der Waals surface area contributed by atoms with E-state index in [1.165, 1.54) is 0 Å². The molecule has 3 aromatic rings. The number of ether oxygens (including phenoxy) is 2. The normalized spacial score (nSPS) is 15.0. The maximum absolute atomic E-state index is 13.1. The summed E-state index contributed by atoms with van der Waals surface area (Å²) in [6.07, 6.45) is 1.86. The van der Waals surface area contributed by atoms with Gasteiger partial charge < -0.3 is 14.4 Å². The number of hydrogen-bond acceptors (Lipinski definition) is 7. The molecule has 4 rings (SSSR count). The number of anilines is 1. The fourth-order valence-electron chi connectivity index (χ4n) is 3.91. The Morgan fingerprint density at radius 3 is 2.38 bits per heavy atom. The first kappa shape index (κ1) is 23.1. The van der Waals surface area contributed by atoms with Crippen molar-refractivity contribution in [3.8, 4) is 11.5 Å². The minimum atomic E-state index is -3.36. The first-order valence-corrected chi connectivity index (χ1v) is 13.5. The van der Waals surface area contributed by atoms with Crippen molar-refractivity contribution in [1.29, 1.82) is 0 Å². The van der Waals surface area contributed by atoms with Crippen molar-refractivity contribution >= 4 is 42.2 Å². The number of methoxy groups -OCH3 is 2. The molecule has 9 heteroatoms. The molecule has 0 amide bonds. The summed E-state index contributed by atoms with van der Waals surface area (Å²) in [6.45, 7) is 1.35. The molecule has 0 unspecified atom stereocenters. The van der Waals surface area contributed by atoms with Crippen LogP contribution in [-0.4, -0.2) is 46.0 Å². The second-order valence-electron chi connectivity index (χ2n) is 7.68. The number of piperidine rings is 1. The summed E-state index contributed by atoms with van der Waals surface area (Å²) in [6, 6.07) is 12.9. The van der Waals surface area contributed by atoms with Crippen molar-refractivity contribution < 1.29 is 17.9 Å². The Balaban J connectivity index is 1.42. The van der Waals surface area contributed by atoms with Crippen LogP contribution in [0.2, 0.25) is 0 Å². The van der Waals surface area contributed by atoms with Crippen molar-refractivity contribution in [1.82, 2.24) is 4.98 Å². The van der Waals surface area contributed by atoms with Gasteiger partial charge in [0.25, 0.3) is 0 Å². The van der Waals surface area contributed by atoms with E-state index in [1.807, 2.05) is 24.3 Å². The molecule has 32 heavy (non-hydrogen) atoms. The van der Waals surface area contributed by atoms with Gasteiger partial charge in [-0.2, -0.15) is 0 Å². The first-order valence-electron chi connectivity index (χ1n) is 10.3. The molecule has 0 radical (unpaired) electrons. The molecule has 0 aliphatic carbocycles. The minimum absolute atomic E-state index is 0.374. The van der Waals surface area contributed by atoms with E-state index in [0.717, 1.165) is 27.9 Å². The van der Waals surface area contributed by atoms with Crippen LogP contribution in [0.25, 0.3) is 0 Å². The number of rotatable bonds is 7. The molecule has 1 aliphatic rings. The summed E-state index contributed by atoms with van der Waals surface area (Å²) in [7, 11) is -0.0839. The summed E-state index contributed by atoms with van der Waals surface area (Å²) < 4.78 is 37.5. The Bertz CT molecular complexity index is 1170. The van der Waals surface area contributed by atoms with E-state index in [0.29, 0.717) is 41.7 Å². The van der Waals surface area contributed by atoms with Crippen LogP contribution in [0.5, 0.6) is 11.5 Å². The van der Waals surface area contributed by atoms with E-state index in [4.69, 9.17) is 14.5 Å². The monoisotopic (exact) mass is 536 g/mol. The Morgan fingerprint density at radius 1 is 1.09 bits per heavy atom. The van der Waals surface area contributed by atoms with E-state index in [1.54, 1.807) is 43.8 Å². The highest BCUT2D eigenvalue weighted by molar-refractivity contribution is 9.10. The van der Waals surface area contributed by atoms with Gasteiger partial charge in [0, 0.05) is 35.4 Å². The van der Waals surface area contributed by atoms with Crippen LogP contribution in [-0.2, 0) is 16.3 Å². The van der Waals surface area contributed by atoms with E-state index >= 15 is 0 Å². The Kier molecular flexibility index (Phi) is 7.07.